The van der Waals surface area contributed by atoms with Gasteiger partial charge in [-0.05, 0) is 49.7 Å². The number of hydrogen-bond acceptors (Lipinski definition) is 5. The van der Waals surface area contributed by atoms with Crippen LogP contribution in [0.2, 0.25) is 5.02 Å². The first kappa shape index (κ1) is 18.9. The van der Waals surface area contributed by atoms with Gasteiger partial charge >= 0.3 is 0 Å². The van der Waals surface area contributed by atoms with E-state index in [-0.39, 0.29) is 24.6 Å². The summed E-state index contributed by atoms with van der Waals surface area (Å²) in [6.45, 7) is 2.25. The van der Waals surface area contributed by atoms with Gasteiger partial charge in [-0.3, -0.25) is 4.79 Å². The molecule has 9 heteroatoms. The maximum atomic E-state index is 12.7. The molecule has 1 amide bonds. The number of piperazine rings is 1. The predicted molar refractivity (Wildman–Crippen MR) is 102 cm³/mol. The minimum absolute atomic E-state index is 0.151. The molecule has 0 bridgehead atoms. The number of amides is 1. The van der Waals surface area contributed by atoms with Crippen LogP contribution in [-0.2, 0) is 19.6 Å². The molecule has 3 saturated heterocycles. The van der Waals surface area contributed by atoms with Crippen LogP contribution in [0.1, 0.15) is 18.4 Å². The van der Waals surface area contributed by atoms with Gasteiger partial charge in [0.1, 0.15) is 6.23 Å². The van der Waals surface area contributed by atoms with Gasteiger partial charge in [-0.15, -0.1) is 0 Å². The number of fused-ring (bicyclic) bond motifs is 1. The summed E-state index contributed by atoms with van der Waals surface area (Å²) in [5, 5.41) is 5.01. The number of hydrogen-bond donors (Lipinski definition) is 1. The number of piperidine rings is 1. The molecular weight excluding hydrogens is 390 g/mol. The van der Waals surface area contributed by atoms with Crippen LogP contribution in [0.5, 0.6) is 0 Å². The molecular formula is C18H22ClN3O4S. The molecule has 3 heterocycles. The lowest BCUT2D eigenvalue weighted by molar-refractivity contribution is -0.144. The first-order valence-electron chi connectivity index (χ1n) is 8.99. The van der Waals surface area contributed by atoms with Crippen LogP contribution in [0.25, 0.3) is 6.08 Å². The van der Waals surface area contributed by atoms with Gasteiger partial charge in [-0.25, -0.2) is 8.42 Å². The van der Waals surface area contributed by atoms with Gasteiger partial charge < -0.3 is 15.0 Å². The van der Waals surface area contributed by atoms with E-state index in [1.165, 1.54) is 10.4 Å². The zero-order valence-corrected chi connectivity index (χ0v) is 16.4. The molecule has 4 rings (SSSR count). The van der Waals surface area contributed by atoms with Crippen molar-refractivity contribution >= 4 is 33.6 Å². The zero-order chi connectivity index (χ0) is 19.1. The quantitative estimate of drug-likeness (QED) is 0.810. The summed E-state index contributed by atoms with van der Waals surface area (Å²) in [5.41, 5.74) is 0.378. The Hall–Kier alpha value is -1.45. The third kappa shape index (κ3) is 3.90. The second-order valence-corrected chi connectivity index (χ2v) is 9.47. The van der Waals surface area contributed by atoms with E-state index in [2.05, 4.69) is 5.32 Å². The lowest BCUT2D eigenvalue weighted by Gasteiger charge is -2.34. The fraction of sp³-hybridized carbons (Fsp3) is 0.500. The summed E-state index contributed by atoms with van der Waals surface area (Å²) >= 11 is 5.84. The molecule has 1 aromatic carbocycles. The van der Waals surface area contributed by atoms with Crippen molar-refractivity contribution < 1.29 is 17.9 Å². The molecule has 0 radical (unpaired) electrons. The number of rotatable bonds is 3. The number of nitrogens with one attached hydrogen (secondary N) is 1. The molecule has 7 nitrogen and oxygen atoms in total. The van der Waals surface area contributed by atoms with Crippen molar-refractivity contribution in [1.29, 1.82) is 0 Å². The third-order valence-electron chi connectivity index (χ3n) is 5.36. The van der Waals surface area contributed by atoms with Gasteiger partial charge in [0.05, 0.1) is 25.2 Å². The summed E-state index contributed by atoms with van der Waals surface area (Å²) in [6, 6.07) is 6.86. The highest BCUT2D eigenvalue weighted by Gasteiger charge is 2.51. The Balaban J connectivity index is 1.48. The van der Waals surface area contributed by atoms with Crippen molar-refractivity contribution in [3.63, 3.8) is 0 Å². The van der Waals surface area contributed by atoms with Gasteiger partial charge in [0.15, 0.2) is 0 Å². The molecule has 3 aliphatic rings. The molecule has 1 spiro atoms. The molecule has 0 saturated carbocycles. The standard InChI is InChI=1S/C18H22ClN3O4S/c19-15-3-1-14(2-4-15)5-10-27(24,25)21-11-16(23)22-13-18(26-17(22)12-21)6-8-20-9-7-18/h1-5,10,17,20H,6-9,11-13H2/b10-5+. The van der Waals surface area contributed by atoms with Gasteiger partial charge in [-0.2, -0.15) is 4.31 Å². The summed E-state index contributed by atoms with van der Waals surface area (Å²) in [5.74, 6) is -0.204. The Bertz CT molecular complexity index is 850. The smallest absolute Gasteiger partial charge is 0.240 e. The maximum Gasteiger partial charge on any atom is 0.240 e. The molecule has 3 aliphatic heterocycles. The summed E-state index contributed by atoms with van der Waals surface area (Å²) < 4.78 is 32.8. The highest BCUT2D eigenvalue weighted by molar-refractivity contribution is 7.92. The number of halogens is 1. The molecule has 0 aromatic heterocycles. The first-order valence-corrected chi connectivity index (χ1v) is 10.9. The molecule has 1 aromatic rings. The van der Waals surface area contributed by atoms with Crippen molar-refractivity contribution in [1.82, 2.24) is 14.5 Å². The molecule has 1 atom stereocenters. The number of benzene rings is 1. The topological polar surface area (TPSA) is 79.0 Å². The molecule has 1 N–H and O–H groups in total. The number of carbonyl (C=O) groups is 1. The predicted octanol–water partition coefficient (Wildman–Crippen LogP) is 1.26. The largest absolute Gasteiger partial charge is 0.348 e. The van der Waals surface area contributed by atoms with Crippen LogP contribution < -0.4 is 5.32 Å². The van der Waals surface area contributed by atoms with E-state index in [0.717, 1.165) is 36.9 Å². The van der Waals surface area contributed by atoms with E-state index in [0.29, 0.717) is 11.6 Å². The van der Waals surface area contributed by atoms with Crippen LogP contribution in [0.3, 0.4) is 0 Å². The van der Waals surface area contributed by atoms with Crippen LogP contribution in [0, 0.1) is 0 Å². The molecule has 3 fully saturated rings. The van der Waals surface area contributed by atoms with E-state index >= 15 is 0 Å². The minimum Gasteiger partial charge on any atom is -0.348 e. The summed E-state index contributed by atoms with van der Waals surface area (Å²) in [6.07, 6.45) is 2.65. The fourth-order valence-electron chi connectivity index (χ4n) is 3.84. The normalized spacial score (nSPS) is 26.0. The Morgan fingerprint density at radius 1 is 1.22 bits per heavy atom. The van der Waals surface area contributed by atoms with Crippen LogP contribution in [-0.4, -0.2) is 68.1 Å². The maximum absolute atomic E-state index is 12.7. The molecule has 146 valence electrons. The van der Waals surface area contributed by atoms with Gasteiger partial charge in [-0.1, -0.05) is 23.7 Å². The number of carbonyl (C=O) groups excluding carboxylic acids is 1. The van der Waals surface area contributed by atoms with Crippen molar-refractivity contribution in [2.75, 3.05) is 32.7 Å². The van der Waals surface area contributed by atoms with E-state index in [1.54, 1.807) is 29.2 Å². The Morgan fingerprint density at radius 3 is 2.63 bits per heavy atom. The number of sulfonamides is 1. The lowest BCUT2D eigenvalue weighted by Crippen LogP contribution is -2.55. The average molecular weight is 412 g/mol. The lowest BCUT2D eigenvalue weighted by atomic mass is 9.92. The zero-order valence-electron chi connectivity index (χ0n) is 14.8. The van der Waals surface area contributed by atoms with Gasteiger partial charge in [0, 0.05) is 10.4 Å². The number of ether oxygens (including phenoxy) is 1. The molecule has 27 heavy (non-hydrogen) atoms. The van der Waals surface area contributed by atoms with Crippen LogP contribution >= 0.6 is 11.6 Å². The highest BCUT2D eigenvalue weighted by atomic mass is 35.5. The Kier molecular flexibility index (Phi) is 5.02. The van der Waals surface area contributed by atoms with E-state index in [1.807, 2.05) is 0 Å². The van der Waals surface area contributed by atoms with E-state index in [4.69, 9.17) is 16.3 Å². The third-order valence-corrected chi connectivity index (χ3v) is 7.09. The van der Waals surface area contributed by atoms with Crippen molar-refractivity contribution in [2.24, 2.45) is 0 Å². The first-order chi connectivity index (χ1) is 12.9. The Morgan fingerprint density at radius 2 is 1.93 bits per heavy atom. The van der Waals surface area contributed by atoms with Crippen LogP contribution in [0.4, 0.5) is 0 Å². The van der Waals surface area contributed by atoms with Crippen molar-refractivity contribution in [2.45, 2.75) is 24.7 Å². The van der Waals surface area contributed by atoms with Crippen molar-refractivity contribution in [3.8, 4) is 0 Å². The number of nitrogens with zero attached hydrogens (tertiary/aromatic N) is 2. The summed E-state index contributed by atoms with van der Waals surface area (Å²) in [4.78, 5) is 14.3. The second kappa shape index (κ2) is 7.18. The monoisotopic (exact) mass is 411 g/mol. The van der Waals surface area contributed by atoms with Gasteiger partial charge in [0.25, 0.3) is 0 Å². The average Bonchev–Trinajstić information content (AvgIpc) is 3.00. The highest BCUT2D eigenvalue weighted by Crippen LogP contribution is 2.35. The summed E-state index contributed by atoms with van der Waals surface area (Å²) in [7, 11) is -3.73. The van der Waals surface area contributed by atoms with Crippen molar-refractivity contribution in [3.05, 3.63) is 40.3 Å². The minimum atomic E-state index is -3.73. The SMILES string of the molecule is O=C1CN(S(=O)(=O)/C=C/c2ccc(Cl)cc2)CC2OC3(CCNCC3)CN12. The van der Waals surface area contributed by atoms with E-state index in [9.17, 15) is 13.2 Å². The Labute approximate surface area is 164 Å². The second-order valence-electron chi connectivity index (χ2n) is 7.22. The molecule has 1 unspecified atom stereocenters. The van der Waals surface area contributed by atoms with Gasteiger partial charge in [0.2, 0.25) is 15.9 Å². The molecule has 0 aliphatic carbocycles. The van der Waals surface area contributed by atoms with E-state index < -0.39 is 16.3 Å². The van der Waals surface area contributed by atoms with Crippen LogP contribution in [0.15, 0.2) is 29.7 Å². The fourth-order valence-corrected chi connectivity index (χ4v) is 5.10.